The van der Waals surface area contributed by atoms with E-state index in [1.54, 1.807) is 12.7 Å². The van der Waals surface area contributed by atoms with E-state index in [9.17, 15) is 10.2 Å². The molecule has 4 nitrogen and oxygen atoms in total. The number of nitrogens with zero attached hydrogens (tertiary/aromatic N) is 1. The summed E-state index contributed by atoms with van der Waals surface area (Å²) < 4.78 is 5.18. The van der Waals surface area contributed by atoms with Gasteiger partial charge in [-0.15, -0.1) is 0 Å². The zero-order valence-electron chi connectivity index (χ0n) is 18.8. The number of methoxy groups -OCH3 is 1. The molecule has 0 radical (unpaired) electrons. The highest BCUT2D eigenvalue weighted by molar-refractivity contribution is 5.28. The van der Waals surface area contributed by atoms with Crippen LogP contribution in [0.5, 0.6) is 5.75 Å². The molecule has 0 unspecified atom stereocenters. The summed E-state index contributed by atoms with van der Waals surface area (Å²) in [7, 11) is 5.92. The van der Waals surface area contributed by atoms with Crippen molar-refractivity contribution in [3.63, 3.8) is 0 Å². The van der Waals surface area contributed by atoms with Crippen LogP contribution in [0.4, 0.5) is 0 Å². The number of benzene rings is 1. The van der Waals surface area contributed by atoms with E-state index in [1.807, 2.05) is 30.3 Å². The van der Waals surface area contributed by atoms with E-state index in [-0.39, 0.29) is 12.0 Å². The van der Waals surface area contributed by atoms with Crippen LogP contribution in [-0.2, 0) is 6.42 Å². The van der Waals surface area contributed by atoms with E-state index in [4.69, 9.17) is 4.74 Å². The van der Waals surface area contributed by atoms with Gasteiger partial charge in [0.05, 0.1) is 19.3 Å². The number of rotatable bonds is 11. The van der Waals surface area contributed by atoms with Gasteiger partial charge in [0.2, 0.25) is 0 Å². The fourth-order valence-electron chi connectivity index (χ4n) is 5.08. The maximum Gasteiger partial charge on any atom is 0.118 e. The molecular weight excluding hydrogens is 374 g/mol. The number of aliphatic hydroxyl groups is 2. The van der Waals surface area contributed by atoms with Gasteiger partial charge in [-0.1, -0.05) is 42.4 Å². The molecule has 0 heterocycles. The Morgan fingerprint density at radius 3 is 2.63 bits per heavy atom. The maximum atomic E-state index is 10.6. The summed E-state index contributed by atoms with van der Waals surface area (Å²) in [5.74, 6) is 1.99. The van der Waals surface area contributed by atoms with Crippen molar-refractivity contribution in [2.75, 3.05) is 27.7 Å². The van der Waals surface area contributed by atoms with Crippen molar-refractivity contribution in [1.82, 2.24) is 4.90 Å². The highest BCUT2D eigenvalue weighted by atomic mass is 16.5. The molecule has 4 heteroatoms. The highest BCUT2D eigenvalue weighted by Gasteiger charge is 2.43. The number of ether oxygens (including phenoxy) is 1. The van der Waals surface area contributed by atoms with Crippen molar-refractivity contribution in [2.45, 2.75) is 57.2 Å². The zero-order chi connectivity index (χ0) is 21.5. The third-order valence-electron chi connectivity index (χ3n) is 6.71. The molecule has 0 spiro atoms. The summed E-state index contributed by atoms with van der Waals surface area (Å²) in [5.41, 5.74) is 2.66. The Kier molecular flexibility index (Phi) is 8.55. The summed E-state index contributed by atoms with van der Waals surface area (Å²) in [4.78, 5) is 2.25. The number of unbranched alkanes of at least 4 members (excludes halogenated alkanes) is 2. The Balaban J connectivity index is 1.46. The first-order valence-electron chi connectivity index (χ1n) is 11.5. The van der Waals surface area contributed by atoms with Crippen molar-refractivity contribution in [3.05, 3.63) is 53.6 Å². The van der Waals surface area contributed by atoms with Gasteiger partial charge >= 0.3 is 0 Å². The fraction of sp³-hybridized carbons (Fsp3) is 0.615. The van der Waals surface area contributed by atoms with Crippen LogP contribution in [0, 0.1) is 17.8 Å². The van der Waals surface area contributed by atoms with Crippen molar-refractivity contribution in [3.8, 4) is 5.75 Å². The minimum Gasteiger partial charge on any atom is -0.497 e. The molecule has 1 fully saturated rings. The molecule has 1 saturated carbocycles. The molecule has 5 atom stereocenters. The van der Waals surface area contributed by atoms with Crippen LogP contribution >= 0.6 is 0 Å². The van der Waals surface area contributed by atoms with Gasteiger partial charge in [-0.2, -0.15) is 0 Å². The lowest BCUT2D eigenvalue weighted by Crippen LogP contribution is -2.18. The maximum absolute atomic E-state index is 10.6. The van der Waals surface area contributed by atoms with E-state index < -0.39 is 6.10 Å². The molecule has 0 saturated heterocycles. The Hall–Kier alpha value is -1.62. The third kappa shape index (κ3) is 6.44. The van der Waals surface area contributed by atoms with Gasteiger partial charge < -0.3 is 19.8 Å². The molecule has 30 heavy (non-hydrogen) atoms. The van der Waals surface area contributed by atoms with Crippen LogP contribution in [-0.4, -0.2) is 55.1 Å². The molecule has 2 aliphatic carbocycles. The molecule has 2 N–H and O–H groups in total. The minimum absolute atomic E-state index is 0.156. The second kappa shape index (κ2) is 11.1. The molecule has 2 aliphatic rings. The van der Waals surface area contributed by atoms with Crippen LogP contribution in [0.2, 0.25) is 0 Å². The quantitative estimate of drug-likeness (QED) is 0.421. The standard InChI is InChI=1S/C26H39NO3/c1-27(2)14-6-4-5-7-20-15-21-18-26(29)24(25(21)17-20)13-10-22(28)16-19-8-11-23(30-3)12-9-19/h8-13,15,21-22,24-26,28-29H,4-7,14,16-18H2,1-3H3/b13-10+/t21-,22-,24+,25-,26+/m0/s1. The predicted octanol–water partition coefficient (Wildman–Crippen LogP) is 4.22. The van der Waals surface area contributed by atoms with Crippen LogP contribution < -0.4 is 4.74 Å². The smallest absolute Gasteiger partial charge is 0.118 e. The lowest BCUT2D eigenvalue weighted by molar-refractivity contribution is 0.140. The third-order valence-corrected chi connectivity index (χ3v) is 6.71. The number of fused-ring (bicyclic) bond motifs is 1. The Labute approximate surface area is 182 Å². The second-order valence-corrected chi connectivity index (χ2v) is 9.36. The van der Waals surface area contributed by atoms with Gasteiger partial charge in [-0.05, 0) is 82.3 Å². The van der Waals surface area contributed by atoms with Crippen LogP contribution in [0.15, 0.2) is 48.1 Å². The van der Waals surface area contributed by atoms with Gasteiger partial charge in [-0.25, -0.2) is 0 Å². The molecule has 0 amide bonds. The normalized spacial score (nSPS) is 26.9. The van der Waals surface area contributed by atoms with Crippen molar-refractivity contribution >= 4 is 0 Å². The fourth-order valence-corrected chi connectivity index (χ4v) is 5.08. The number of hydrogen-bond donors (Lipinski definition) is 2. The molecule has 1 aromatic rings. The van der Waals surface area contributed by atoms with Crippen molar-refractivity contribution in [2.24, 2.45) is 17.8 Å². The summed E-state index contributed by atoms with van der Waals surface area (Å²) in [6.07, 6.45) is 13.2. The topological polar surface area (TPSA) is 52.9 Å². The van der Waals surface area contributed by atoms with Crippen LogP contribution in [0.25, 0.3) is 0 Å². The van der Waals surface area contributed by atoms with E-state index in [2.05, 4.69) is 31.1 Å². The molecule has 1 aromatic carbocycles. The summed E-state index contributed by atoms with van der Waals surface area (Å²) >= 11 is 0. The van der Waals surface area contributed by atoms with Gasteiger partial charge in [0, 0.05) is 12.3 Å². The van der Waals surface area contributed by atoms with Crippen molar-refractivity contribution < 1.29 is 14.9 Å². The highest BCUT2D eigenvalue weighted by Crippen LogP contribution is 2.48. The number of aliphatic hydroxyl groups excluding tert-OH is 2. The Morgan fingerprint density at radius 1 is 1.17 bits per heavy atom. The van der Waals surface area contributed by atoms with E-state index >= 15 is 0 Å². The lowest BCUT2D eigenvalue weighted by Gasteiger charge is -2.19. The first kappa shape index (κ1) is 23.1. The monoisotopic (exact) mass is 413 g/mol. The van der Waals surface area contributed by atoms with Gasteiger partial charge in [0.1, 0.15) is 5.75 Å². The lowest BCUT2D eigenvalue weighted by atomic mass is 9.88. The minimum atomic E-state index is -0.532. The Bertz CT molecular complexity index is 709. The molecule has 0 bridgehead atoms. The SMILES string of the molecule is COc1ccc(C[C@@H](O)/C=C/[C@@H]2[C@H]3CC(CCCCCN(C)C)=C[C@H]3C[C@H]2O)cc1. The van der Waals surface area contributed by atoms with E-state index in [0.29, 0.717) is 18.3 Å². The van der Waals surface area contributed by atoms with Crippen LogP contribution in [0.1, 0.15) is 44.1 Å². The van der Waals surface area contributed by atoms with Gasteiger partial charge in [-0.3, -0.25) is 0 Å². The first-order chi connectivity index (χ1) is 14.5. The van der Waals surface area contributed by atoms with E-state index in [1.165, 1.54) is 32.2 Å². The summed E-state index contributed by atoms with van der Waals surface area (Å²) in [6.45, 7) is 1.17. The van der Waals surface area contributed by atoms with Gasteiger partial charge in [0.15, 0.2) is 0 Å². The zero-order valence-corrected chi connectivity index (χ0v) is 18.8. The Morgan fingerprint density at radius 2 is 1.93 bits per heavy atom. The predicted molar refractivity (Wildman–Crippen MR) is 123 cm³/mol. The first-order valence-corrected chi connectivity index (χ1v) is 11.5. The molecule has 0 aliphatic heterocycles. The van der Waals surface area contributed by atoms with Crippen LogP contribution in [0.3, 0.4) is 0 Å². The number of allylic oxidation sites excluding steroid dienone is 2. The summed E-state index contributed by atoms with van der Waals surface area (Å²) in [6, 6.07) is 7.82. The second-order valence-electron chi connectivity index (χ2n) is 9.36. The average Bonchev–Trinajstić information content (AvgIpc) is 3.23. The molecular formula is C26H39NO3. The molecule has 166 valence electrons. The largest absolute Gasteiger partial charge is 0.497 e. The molecule has 0 aromatic heterocycles. The molecule has 3 rings (SSSR count). The summed E-state index contributed by atoms with van der Waals surface area (Å²) in [5, 5.41) is 21.0. The number of hydrogen-bond acceptors (Lipinski definition) is 4. The van der Waals surface area contributed by atoms with Crippen molar-refractivity contribution in [1.29, 1.82) is 0 Å². The van der Waals surface area contributed by atoms with Gasteiger partial charge in [0.25, 0.3) is 0 Å². The van der Waals surface area contributed by atoms with E-state index in [0.717, 1.165) is 24.2 Å². The average molecular weight is 414 g/mol.